The molecule has 0 aliphatic carbocycles. The Labute approximate surface area is 133 Å². The number of hydrogen-bond donors (Lipinski definition) is 2. The number of anilines is 1. The molecule has 0 unspecified atom stereocenters. The fraction of sp³-hybridized carbons (Fsp3) is 0.533. The Kier molecular flexibility index (Phi) is 5.48. The summed E-state index contributed by atoms with van der Waals surface area (Å²) in [6.07, 6.45) is -4.46. The maximum Gasteiger partial charge on any atom is 0.416 e. The number of likely N-dealkylation sites (N-methyl/N-ethyl adjacent to an activating group) is 1. The van der Waals surface area contributed by atoms with Gasteiger partial charge in [0.15, 0.2) is 0 Å². The van der Waals surface area contributed by atoms with Crippen LogP contribution in [0.2, 0.25) is 0 Å². The summed E-state index contributed by atoms with van der Waals surface area (Å²) in [5, 5.41) is 4.68. The Bertz CT molecular complexity index is 554. The van der Waals surface area contributed by atoms with Gasteiger partial charge in [-0.2, -0.15) is 13.2 Å². The summed E-state index contributed by atoms with van der Waals surface area (Å²) in [4.78, 5) is 15.4. The molecule has 0 saturated carbocycles. The topological polar surface area (TPSA) is 47.6 Å². The number of hydrogen-bond acceptors (Lipinski definition) is 3. The second-order valence-corrected chi connectivity index (χ2v) is 5.65. The Balaban J connectivity index is 2.19. The second-order valence-electron chi connectivity index (χ2n) is 5.65. The molecule has 1 saturated heterocycles. The number of carbonyl (C=O) groups is 1. The number of carbonyl (C=O) groups excluding carboxylic acids is 1. The summed E-state index contributed by atoms with van der Waals surface area (Å²) < 4.78 is 39.9. The van der Waals surface area contributed by atoms with Crippen LogP contribution in [-0.2, 0) is 12.7 Å². The van der Waals surface area contributed by atoms with Gasteiger partial charge in [-0.25, -0.2) is 4.79 Å². The van der Waals surface area contributed by atoms with Crippen LogP contribution < -0.4 is 10.6 Å². The monoisotopic (exact) mass is 330 g/mol. The molecule has 2 N–H and O–H groups in total. The minimum absolute atomic E-state index is 0.124. The van der Waals surface area contributed by atoms with Crippen molar-refractivity contribution in [1.29, 1.82) is 0 Å². The van der Waals surface area contributed by atoms with E-state index in [1.54, 1.807) is 0 Å². The van der Waals surface area contributed by atoms with Crippen LogP contribution in [0.5, 0.6) is 0 Å². The van der Waals surface area contributed by atoms with Gasteiger partial charge in [-0.05, 0) is 24.7 Å². The number of halogens is 3. The minimum atomic E-state index is -4.46. The average molecular weight is 330 g/mol. The number of amides is 2. The van der Waals surface area contributed by atoms with E-state index in [1.165, 1.54) is 19.2 Å². The van der Waals surface area contributed by atoms with Crippen LogP contribution in [0.4, 0.5) is 23.7 Å². The van der Waals surface area contributed by atoms with E-state index >= 15 is 0 Å². The van der Waals surface area contributed by atoms with Gasteiger partial charge < -0.3 is 15.5 Å². The highest BCUT2D eigenvalue weighted by atomic mass is 19.4. The number of rotatable bonds is 3. The van der Waals surface area contributed by atoms with E-state index in [2.05, 4.69) is 15.5 Å². The zero-order valence-corrected chi connectivity index (χ0v) is 13.2. The molecule has 1 aromatic carbocycles. The largest absolute Gasteiger partial charge is 0.416 e. The molecule has 5 nitrogen and oxygen atoms in total. The third-order valence-corrected chi connectivity index (χ3v) is 3.89. The number of piperazine rings is 1. The van der Waals surface area contributed by atoms with Gasteiger partial charge in [-0.1, -0.05) is 6.07 Å². The summed E-state index contributed by atoms with van der Waals surface area (Å²) >= 11 is 0. The summed E-state index contributed by atoms with van der Waals surface area (Å²) in [6, 6.07) is 3.37. The molecule has 1 aliphatic rings. The van der Waals surface area contributed by atoms with Crippen LogP contribution in [0.1, 0.15) is 11.1 Å². The molecule has 1 fully saturated rings. The van der Waals surface area contributed by atoms with E-state index in [0.29, 0.717) is 0 Å². The van der Waals surface area contributed by atoms with Crippen molar-refractivity contribution in [3.63, 3.8) is 0 Å². The number of alkyl halides is 3. The van der Waals surface area contributed by atoms with Gasteiger partial charge in [-0.3, -0.25) is 4.90 Å². The first-order valence-electron chi connectivity index (χ1n) is 7.39. The van der Waals surface area contributed by atoms with E-state index < -0.39 is 17.8 Å². The Morgan fingerprint density at radius 2 is 1.87 bits per heavy atom. The van der Waals surface area contributed by atoms with E-state index in [4.69, 9.17) is 0 Å². The standard InChI is InChI=1S/C15H21F3N4O/c1-19-14(23)20-12-4-3-11(13(9-12)15(16,17)18)10-22-7-5-21(2)6-8-22/h3-4,9H,5-8,10H2,1-2H3,(H2,19,20,23). The molecule has 1 aliphatic heterocycles. The van der Waals surface area contributed by atoms with Crippen molar-refractivity contribution in [3.8, 4) is 0 Å². The van der Waals surface area contributed by atoms with Crippen LogP contribution >= 0.6 is 0 Å². The molecule has 0 bridgehead atoms. The van der Waals surface area contributed by atoms with Crippen molar-refractivity contribution in [2.24, 2.45) is 0 Å². The molecular formula is C15H21F3N4O. The van der Waals surface area contributed by atoms with Gasteiger partial charge in [0.2, 0.25) is 0 Å². The predicted octanol–water partition coefficient (Wildman–Crippen LogP) is 2.20. The van der Waals surface area contributed by atoms with E-state index in [-0.39, 0.29) is 17.8 Å². The van der Waals surface area contributed by atoms with Crippen LogP contribution in [0, 0.1) is 0 Å². The third-order valence-electron chi connectivity index (χ3n) is 3.89. The normalized spacial score (nSPS) is 17.1. The summed E-state index contributed by atoms with van der Waals surface area (Å²) in [7, 11) is 3.40. The predicted molar refractivity (Wildman–Crippen MR) is 82.3 cm³/mol. The third kappa shape index (κ3) is 4.84. The van der Waals surface area contributed by atoms with Crippen molar-refractivity contribution in [2.75, 3.05) is 45.6 Å². The Morgan fingerprint density at radius 3 is 2.43 bits per heavy atom. The molecule has 2 amide bonds. The molecule has 128 valence electrons. The zero-order chi connectivity index (χ0) is 17.0. The van der Waals surface area contributed by atoms with Gasteiger partial charge in [-0.15, -0.1) is 0 Å². The van der Waals surface area contributed by atoms with E-state index in [9.17, 15) is 18.0 Å². The van der Waals surface area contributed by atoms with Gasteiger partial charge in [0.05, 0.1) is 5.56 Å². The molecule has 0 radical (unpaired) electrons. The molecule has 8 heteroatoms. The number of nitrogens with one attached hydrogen (secondary N) is 2. The first kappa shape index (κ1) is 17.6. The number of benzene rings is 1. The fourth-order valence-electron chi connectivity index (χ4n) is 2.50. The van der Waals surface area contributed by atoms with Crippen molar-refractivity contribution < 1.29 is 18.0 Å². The lowest BCUT2D eigenvalue weighted by atomic mass is 10.0. The molecule has 23 heavy (non-hydrogen) atoms. The first-order valence-corrected chi connectivity index (χ1v) is 7.39. The molecule has 0 aromatic heterocycles. The lowest BCUT2D eigenvalue weighted by Gasteiger charge is -2.33. The molecule has 2 rings (SSSR count). The fourth-order valence-corrected chi connectivity index (χ4v) is 2.50. The summed E-state index contributed by atoms with van der Waals surface area (Å²) in [5.41, 5.74) is -0.353. The molecule has 1 heterocycles. The smallest absolute Gasteiger partial charge is 0.341 e. The quantitative estimate of drug-likeness (QED) is 0.893. The maximum absolute atomic E-state index is 13.3. The molecule has 0 atom stereocenters. The zero-order valence-electron chi connectivity index (χ0n) is 13.2. The molecular weight excluding hydrogens is 309 g/mol. The lowest BCUT2D eigenvalue weighted by Crippen LogP contribution is -2.44. The van der Waals surface area contributed by atoms with Crippen LogP contribution in [-0.4, -0.2) is 56.1 Å². The Morgan fingerprint density at radius 1 is 1.22 bits per heavy atom. The SMILES string of the molecule is CNC(=O)Nc1ccc(CN2CCN(C)CC2)c(C(F)(F)F)c1. The molecule has 1 aromatic rings. The highest BCUT2D eigenvalue weighted by Gasteiger charge is 2.34. The van der Waals surface area contributed by atoms with Crippen LogP contribution in [0.15, 0.2) is 18.2 Å². The Hall–Kier alpha value is -1.80. The van der Waals surface area contributed by atoms with Gasteiger partial charge >= 0.3 is 12.2 Å². The van der Waals surface area contributed by atoms with Gasteiger partial charge in [0, 0.05) is 45.5 Å². The average Bonchev–Trinajstić information content (AvgIpc) is 2.50. The van der Waals surface area contributed by atoms with Crippen molar-refractivity contribution in [1.82, 2.24) is 15.1 Å². The molecule has 0 spiro atoms. The van der Waals surface area contributed by atoms with E-state index in [1.807, 2.05) is 11.9 Å². The maximum atomic E-state index is 13.3. The number of urea groups is 1. The first-order chi connectivity index (χ1) is 10.8. The van der Waals surface area contributed by atoms with Crippen molar-refractivity contribution in [3.05, 3.63) is 29.3 Å². The second kappa shape index (κ2) is 7.18. The number of nitrogens with zero attached hydrogens (tertiary/aromatic N) is 2. The van der Waals surface area contributed by atoms with Gasteiger partial charge in [0.1, 0.15) is 0 Å². The van der Waals surface area contributed by atoms with Crippen molar-refractivity contribution >= 4 is 11.7 Å². The van der Waals surface area contributed by atoms with E-state index in [0.717, 1.165) is 32.2 Å². The highest BCUT2D eigenvalue weighted by Crippen LogP contribution is 2.34. The van der Waals surface area contributed by atoms with Gasteiger partial charge in [0.25, 0.3) is 0 Å². The van der Waals surface area contributed by atoms with Crippen LogP contribution in [0.25, 0.3) is 0 Å². The van der Waals surface area contributed by atoms with Crippen molar-refractivity contribution in [2.45, 2.75) is 12.7 Å². The lowest BCUT2D eigenvalue weighted by molar-refractivity contribution is -0.138. The highest BCUT2D eigenvalue weighted by molar-refractivity contribution is 5.89. The van der Waals surface area contributed by atoms with Crippen LogP contribution in [0.3, 0.4) is 0 Å². The summed E-state index contributed by atoms with van der Waals surface area (Å²) in [5.74, 6) is 0. The minimum Gasteiger partial charge on any atom is -0.341 e. The summed E-state index contributed by atoms with van der Waals surface area (Å²) in [6.45, 7) is 3.43.